The fourth-order valence-electron chi connectivity index (χ4n) is 3.17. The average molecular weight is 239 g/mol. The van der Waals surface area contributed by atoms with Crippen LogP contribution in [0.25, 0.3) is 0 Å². The van der Waals surface area contributed by atoms with E-state index in [2.05, 4.69) is 19.3 Å². The SMILES string of the molecule is CCCC1CCC(CNC)(OCC2CC2)CC1. The van der Waals surface area contributed by atoms with Gasteiger partial charge in [-0.2, -0.15) is 0 Å². The number of rotatable bonds is 7. The van der Waals surface area contributed by atoms with Crippen LogP contribution in [-0.4, -0.2) is 25.8 Å². The maximum atomic E-state index is 6.30. The maximum Gasteiger partial charge on any atom is 0.0806 e. The number of nitrogens with one attached hydrogen (secondary N) is 1. The van der Waals surface area contributed by atoms with Crippen molar-refractivity contribution in [1.82, 2.24) is 5.32 Å². The van der Waals surface area contributed by atoms with Gasteiger partial charge in [0.15, 0.2) is 0 Å². The molecule has 0 aromatic carbocycles. The zero-order chi connectivity index (χ0) is 12.1. The second-order valence-electron chi connectivity index (χ2n) is 6.20. The molecule has 2 heteroatoms. The van der Waals surface area contributed by atoms with Gasteiger partial charge in [0, 0.05) is 6.54 Å². The van der Waals surface area contributed by atoms with Crippen molar-refractivity contribution in [3.63, 3.8) is 0 Å². The van der Waals surface area contributed by atoms with E-state index in [-0.39, 0.29) is 5.60 Å². The Bertz CT molecular complexity index is 217. The quantitative estimate of drug-likeness (QED) is 0.735. The van der Waals surface area contributed by atoms with Gasteiger partial charge >= 0.3 is 0 Å². The molecule has 0 aromatic rings. The third kappa shape index (κ3) is 3.96. The second kappa shape index (κ2) is 6.19. The minimum atomic E-state index is 0.168. The smallest absolute Gasteiger partial charge is 0.0806 e. The van der Waals surface area contributed by atoms with Gasteiger partial charge in [0.05, 0.1) is 12.2 Å². The van der Waals surface area contributed by atoms with Crippen LogP contribution in [0, 0.1) is 11.8 Å². The van der Waals surface area contributed by atoms with Gasteiger partial charge < -0.3 is 10.1 Å². The topological polar surface area (TPSA) is 21.3 Å². The number of ether oxygens (including phenoxy) is 1. The lowest BCUT2D eigenvalue weighted by atomic mass is 9.77. The van der Waals surface area contributed by atoms with E-state index in [9.17, 15) is 0 Å². The molecular formula is C15H29NO. The molecule has 0 amide bonds. The molecule has 2 nitrogen and oxygen atoms in total. The first-order valence-corrected chi connectivity index (χ1v) is 7.56. The van der Waals surface area contributed by atoms with Gasteiger partial charge in [0.25, 0.3) is 0 Å². The van der Waals surface area contributed by atoms with Crippen molar-refractivity contribution in [2.24, 2.45) is 11.8 Å². The Balaban J connectivity index is 1.79. The highest BCUT2D eigenvalue weighted by Crippen LogP contribution is 2.38. The third-order valence-corrected chi connectivity index (χ3v) is 4.53. The van der Waals surface area contributed by atoms with Gasteiger partial charge in [0.1, 0.15) is 0 Å². The lowest BCUT2D eigenvalue weighted by Crippen LogP contribution is -2.45. The highest BCUT2D eigenvalue weighted by molar-refractivity contribution is 4.90. The molecule has 0 radical (unpaired) electrons. The molecule has 2 fully saturated rings. The summed E-state index contributed by atoms with van der Waals surface area (Å²) in [5.74, 6) is 1.85. The third-order valence-electron chi connectivity index (χ3n) is 4.53. The normalized spacial score (nSPS) is 33.9. The fourth-order valence-corrected chi connectivity index (χ4v) is 3.17. The first-order chi connectivity index (χ1) is 8.28. The van der Waals surface area contributed by atoms with Gasteiger partial charge in [-0.05, 0) is 57.4 Å². The second-order valence-corrected chi connectivity index (χ2v) is 6.20. The molecule has 0 bridgehead atoms. The highest BCUT2D eigenvalue weighted by atomic mass is 16.5. The van der Waals surface area contributed by atoms with Crippen LogP contribution in [0.4, 0.5) is 0 Å². The Hall–Kier alpha value is -0.0800. The van der Waals surface area contributed by atoms with Crippen LogP contribution in [0.15, 0.2) is 0 Å². The summed E-state index contributed by atoms with van der Waals surface area (Å²) in [7, 11) is 2.06. The molecule has 0 atom stereocenters. The van der Waals surface area contributed by atoms with Crippen LogP contribution in [0.1, 0.15) is 58.3 Å². The minimum absolute atomic E-state index is 0.168. The molecule has 17 heavy (non-hydrogen) atoms. The Morgan fingerprint density at radius 3 is 2.35 bits per heavy atom. The van der Waals surface area contributed by atoms with E-state index in [4.69, 9.17) is 4.74 Å². The van der Waals surface area contributed by atoms with Crippen LogP contribution >= 0.6 is 0 Å². The summed E-state index contributed by atoms with van der Waals surface area (Å²) < 4.78 is 6.30. The van der Waals surface area contributed by atoms with Gasteiger partial charge in [-0.15, -0.1) is 0 Å². The first-order valence-electron chi connectivity index (χ1n) is 7.56. The van der Waals surface area contributed by atoms with E-state index < -0.39 is 0 Å². The van der Waals surface area contributed by atoms with Crippen LogP contribution in [0.3, 0.4) is 0 Å². The average Bonchev–Trinajstić information content (AvgIpc) is 3.14. The van der Waals surface area contributed by atoms with Crippen LogP contribution in [0.5, 0.6) is 0 Å². The molecule has 2 saturated carbocycles. The minimum Gasteiger partial charge on any atom is -0.373 e. The predicted octanol–water partition coefficient (Wildman–Crippen LogP) is 3.36. The Morgan fingerprint density at radius 2 is 1.82 bits per heavy atom. The van der Waals surface area contributed by atoms with Crippen LogP contribution < -0.4 is 5.32 Å². The van der Waals surface area contributed by atoms with Gasteiger partial charge in [-0.1, -0.05) is 19.8 Å². The Labute approximate surface area is 107 Å². The van der Waals surface area contributed by atoms with E-state index >= 15 is 0 Å². The standard InChI is InChI=1S/C15H29NO/c1-3-4-13-7-9-15(10-8-13,12-16-2)17-11-14-5-6-14/h13-14,16H,3-12H2,1-2H3. The zero-order valence-electron chi connectivity index (χ0n) is 11.6. The zero-order valence-corrected chi connectivity index (χ0v) is 11.6. The van der Waals surface area contributed by atoms with Crippen molar-refractivity contribution >= 4 is 0 Å². The molecule has 0 spiro atoms. The molecule has 0 saturated heterocycles. The Kier molecular flexibility index (Phi) is 4.87. The summed E-state index contributed by atoms with van der Waals surface area (Å²) in [6.45, 7) is 4.36. The molecule has 2 aliphatic rings. The number of hydrogen-bond acceptors (Lipinski definition) is 2. The molecule has 0 aliphatic heterocycles. The predicted molar refractivity (Wildman–Crippen MR) is 72.2 cm³/mol. The van der Waals surface area contributed by atoms with E-state index in [0.717, 1.165) is 25.0 Å². The molecule has 1 N–H and O–H groups in total. The lowest BCUT2D eigenvalue weighted by molar-refractivity contribution is -0.0800. The van der Waals surface area contributed by atoms with Crippen molar-refractivity contribution in [2.45, 2.75) is 63.9 Å². The fraction of sp³-hybridized carbons (Fsp3) is 1.00. The van der Waals surface area contributed by atoms with Crippen molar-refractivity contribution in [3.05, 3.63) is 0 Å². The van der Waals surface area contributed by atoms with E-state index in [0.29, 0.717) is 0 Å². The van der Waals surface area contributed by atoms with Crippen molar-refractivity contribution in [1.29, 1.82) is 0 Å². The van der Waals surface area contributed by atoms with Crippen molar-refractivity contribution < 1.29 is 4.74 Å². The molecule has 0 aromatic heterocycles. The molecule has 0 heterocycles. The summed E-state index contributed by atoms with van der Waals surface area (Å²) in [6, 6.07) is 0. The summed E-state index contributed by atoms with van der Waals surface area (Å²) >= 11 is 0. The van der Waals surface area contributed by atoms with Crippen molar-refractivity contribution in [3.8, 4) is 0 Å². The summed E-state index contributed by atoms with van der Waals surface area (Å²) in [4.78, 5) is 0. The molecule has 0 unspecified atom stereocenters. The summed E-state index contributed by atoms with van der Waals surface area (Å²) in [6.07, 6.45) is 10.8. The van der Waals surface area contributed by atoms with Gasteiger partial charge in [-0.25, -0.2) is 0 Å². The summed E-state index contributed by atoms with van der Waals surface area (Å²) in [5.41, 5.74) is 0.168. The molecule has 2 aliphatic carbocycles. The summed E-state index contributed by atoms with van der Waals surface area (Å²) in [5, 5.41) is 3.34. The van der Waals surface area contributed by atoms with E-state index in [1.54, 1.807) is 0 Å². The maximum absolute atomic E-state index is 6.30. The highest BCUT2D eigenvalue weighted by Gasteiger charge is 2.37. The lowest BCUT2D eigenvalue weighted by Gasteiger charge is -2.40. The molecular weight excluding hydrogens is 210 g/mol. The van der Waals surface area contributed by atoms with Gasteiger partial charge in [0.2, 0.25) is 0 Å². The van der Waals surface area contributed by atoms with E-state index in [1.165, 1.54) is 51.4 Å². The number of likely N-dealkylation sites (N-methyl/N-ethyl adjacent to an activating group) is 1. The first kappa shape index (κ1) is 13.4. The van der Waals surface area contributed by atoms with Crippen molar-refractivity contribution in [2.75, 3.05) is 20.2 Å². The largest absolute Gasteiger partial charge is 0.373 e. The molecule has 2 rings (SSSR count). The van der Waals surface area contributed by atoms with Gasteiger partial charge in [-0.3, -0.25) is 0 Å². The Morgan fingerprint density at radius 1 is 1.12 bits per heavy atom. The van der Waals surface area contributed by atoms with Crippen LogP contribution in [0.2, 0.25) is 0 Å². The van der Waals surface area contributed by atoms with Crippen LogP contribution in [-0.2, 0) is 4.74 Å². The van der Waals surface area contributed by atoms with E-state index in [1.807, 2.05) is 0 Å². The monoisotopic (exact) mass is 239 g/mol. The molecule has 100 valence electrons. The number of hydrogen-bond donors (Lipinski definition) is 1.